The predicted octanol–water partition coefficient (Wildman–Crippen LogP) is 3.86. The van der Waals surface area contributed by atoms with Crippen LogP contribution in [0.15, 0.2) is 53.4 Å². The van der Waals surface area contributed by atoms with Gasteiger partial charge in [-0.15, -0.1) is 0 Å². The molecule has 0 radical (unpaired) electrons. The molecule has 2 aromatic rings. The van der Waals surface area contributed by atoms with Crippen LogP contribution in [0.25, 0.3) is 6.08 Å². The van der Waals surface area contributed by atoms with E-state index >= 15 is 0 Å². The summed E-state index contributed by atoms with van der Waals surface area (Å²) in [5.74, 6) is 0.712. The largest absolute Gasteiger partial charge is 0.497 e. The first kappa shape index (κ1) is 16.5. The Morgan fingerprint density at radius 2 is 2.04 bits per heavy atom. The summed E-state index contributed by atoms with van der Waals surface area (Å²) < 4.78 is 5.22. The number of hydrogen-bond donors (Lipinski definition) is 2. The molecule has 24 heavy (non-hydrogen) atoms. The van der Waals surface area contributed by atoms with Crippen molar-refractivity contribution in [2.24, 2.45) is 0 Å². The van der Waals surface area contributed by atoms with Crippen molar-refractivity contribution in [1.82, 2.24) is 5.32 Å². The molecule has 1 aliphatic rings. The number of anilines is 1. The van der Waals surface area contributed by atoms with Gasteiger partial charge in [-0.25, -0.2) is 0 Å². The maximum absolute atomic E-state index is 12.2. The first-order chi connectivity index (χ1) is 11.7. The molecular formula is C19H20N2O2S. The highest BCUT2D eigenvalue weighted by Crippen LogP contribution is 2.30. The third kappa shape index (κ3) is 3.92. The van der Waals surface area contributed by atoms with E-state index in [1.807, 2.05) is 42.5 Å². The molecule has 3 rings (SSSR count). The van der Waals surface area contributed by atoms with Crippen LogP contribution in [0.2, 0.25) is 0 Å². The fraction of sp³-hybridized carbons (Fsp3) is 0.211. The lowest BCUT2D eigenvalue weighted by Gasteiger charge is -2.12. The van der Waals surface area contributed by atoms with Gasteiger partial charge in [-0.1, -0.05) is 43.0 Å². The topological polar surface area (TPSA) is 50.4 Å². The number of carbonyl (C=O) groups excluding carboxylic acids is 1. The van der Waals surface area contributed by atoms with Crippen LogP contribution in [0, 0.1) is 0 Å². The molecule has 0 aliphatic carbocycles. The summed E-state index contributed by atoms with van der Waals surface area (Å²) in [6.07, 6.45) is 2.90. The van der Waals surface area contributed by atoms with E-state index in [2.05, 4.69) is 29.7 Å². The number of aryl methyl sites for hydroxylation is 1. The number of amides is 1. The van der Waals surface area contributed by atoms with Crippen LogP contribution in [-0.4, -0.2) is 18.5 Å². The van der Waals surface area contributed by atoms with Gasteiger partial charge in [0.15, 0.2) is 5.50 Å². The lowest BCUT2D eigenvalue weighted by atomic mass is 10.1. The van der Waals surface area contributed by atoms with Crippen LogP contribution >= 0.6 is 11.8 Å². The van der Waals surface area contributed by atoms with Crippen molar-refractivity contribution in [1.29, 1.82) is 0 Å². The molecule has 1 amide bonds. The Labute approximate surface area is 146 Å². The molecule has 5 heteroatoms. The SMILES string of the molecule is CCc1ccc(N[C@@H]2NC(=O)/C(=C/c3cccc(OC)c3)S2)cc1. The molecule has 2 N–H and O–H groups in total. The lowest BCUT2D eigenvalue weighted by Crippen LogP contribution is -2.30. The van der Waals surface area contributed by atoms with Gasteiger partial charge in [0.25, 0.3) is 5.91 Å². The van der Waals surface area contributed by atoms with Crippen LogP contribution in [0.4, 0.5) is 5.69 Å². The molecule has 4 nitrogen and oxygen atoms in total. The molecule has 1 saturated heterocycles. The second-order valence-electron chi connectivity index (χ2n) is 5.45. The highest BCUT2D eigenvalue weighted by atomic mass is 32.2. The molecule has 1 atom stereocenters. The third-order valence-corrected chi connectivity index (χ3v) is 4.81. The third-order valence-electron chi connectivity index (χ3n) is 3.78. The minimum Gasteiger partial charge on any atom is -0.497 e. The second kappa shape index (κ2) is 7.45. The van der Waals surface area contributed by atoms with Crippen molar-refractivity contribution in [3.05, 3.63) is 64.6 Å². The van der Waals surface area contributed by atoms with E-state index in [0.29, 0.717) is 4.91 Å². The Kier molecular flexibility index (Phi) is 5.11. The normalized spacial score (nSPS) is 18.5. The molecule has 0 unspecified atom stereocenters. The highest BCUT2D eigenvalue weighted by molar-refractivity contribution is 8.05. The molecule has 1 aliphatic heterocycles. The van der Waals surface area contributed by atoms with Crippen molar-refractivity contribution in [2.75, 3.05) is 12.4 Å². The quantitative estimate of drug-likeness (QED) is 0.812. The average Bonchev–Trinajstić information content (AvgIpc) is 2.95. The maximum Gasteiger partial charge on any atom is 0.260 e. The number of thioether (sulfide) groups is 1. The summed E-state index contributed by atoms with van der Waals surface area (Å²) in [6, 6.07) is 15.9. The van der Waals surface area contributed by atoms with Gasteiger partial charge in [-0.2, -0.15) is 0 Å². The highest BCUT2D eigenvalue weighted by Gasteiger charge is 2.27. The van der Waals surface area contributed by atoms with Gasteiger partial charge in [-0.05, 0) is 47.9 Å². The van der Waals surface area contributed by atoms with E-state index in [1.54, 1.807) is 7.11 Å². The van der Waals surface area contributed by atoms with Gasteiger partial charge in [0.2, 0.25) is 0 Å². The van der Waals surface area contributed by atoms with Crippen LogP contribution in [0.1, 0.15) is 18.1 Å². The number of ether oxygens (including phenoxy) is 1. The standard InChI is InChI=1S/C19H20N2O2S/c1-3-13-7-9-15(10-8-13)20-19-21-18(22)17(24-19)12-14-5-4-6-16(11-14)23-2/h4-12,19-20H,3H2,1-2H3,(H,21,22)/b17-12-/t19-/m1/s1. The second-order valence-corrected chi connectivity index (χ2v) is 6.60. The molecule has 1 fully saturated rings. The Morgan fingerprint density at radius 3 is 2.75 bits per heavy atom. The minimum atomic E-state index is -0.165. The average molecular weight is 340 g/mol. The van der Waals surface area contributed by atoms with Gasteiger partial charge >= 0.3 is 0 Å². The van der Waals surface area contributed by atoms with Gasteiger partial charge < -0.3 is 15.4 Å². The van der Waals surface area contributed by atoms with Crippen LogP contribution in [0.3, 0.4) is 0 Å². The number of methoxy groups -OCH3 is 1. The predicted molar refractivity (Wildman–Crippen MR) is 99.9 cm³/mol. The van der Waals surface area contributed by atoms with E-state index in [0.717, 1.165) is 23.4 Å². The van der Waals surface area contributed by atoms with E-state index in [9.17, 15) is 4.79 Å². The molecule has 0 bridgehead atoms. The smallest absolute Gasteiger partial charge is 0.260 e. The zero-order valence-corrected chi connectivity index (χ0v) is 14.5. The van der Waals surface area contributed by atoms with Gasteiger partial charge in [0, 0.05) is 5.69 Å². The molecular weight excluding hydrogens is 320 g/mol. The van der Waals surface area contributed by atoms with Gasteiger partial charge in [0.1, 0.15) is 5.75 Å². The number of carbonyl (C=O) groups is 1. The van der Waals surface area contributed by atoms with Gasteiger partial charge in [0.05, 0.1) is 12.0 Å². The van der Waals surface area contributed by atoms with Crippen molar-refractivity contribution in [3.8, 4) is 5.75 Å². The number of hydrogen-bond acceptors (Lipinski definition) is 4. The van der Waals surface area contributed by atoms with E-state index in [-0.39, 0.29) is 11.4 Å². The van der Waals surface area contributed by atoms with E-state index in [1.165, 1.54) is 17.3 Å². The van der Waals surface area contributed by atoms with Crippen LogP contribution in [0.5, 0.6) is 5.75 Å². The van der Waals surface area contributed by atoms with E-state index < -0.39 is 0 Å². The monoisotopic (exact) mass is 340 g/mol. The summed E-state index contributed by atoms with van der Waals surface area (Å²) in [5.41, 5.74) is 3.07. The van der Waals surface area contributed by atoms with Gasteiger partial charge in [-0.3, -0.25) is 4.79 Å². The summed E-state index contributed by atoms with van der Waals surface area (Å²) in [6.45, 7) is 2.13. The molecule has 1 heterocycles. The van der Waals surface area contributed by atoms with Crippen molar-refractivity contribution in [3.63, 3.8) is 0 Å². The minimum absolute atomic E-state index is 0.0644. The van der Waals surface area contributed by atoms with Crippen molar-refractivity contribution in [2.45, 2.75) is 18.8 Å². The van der Waals surface area contributed by atoms with Crippen LogP contribution < -0.4 is 15.4 Å². The molecule has 0 aromatic heterocycles. The number of benzene rings is 2. The Bertz CT molecular complexity index is 756. The first-order valence-corrected chi connectivity index (χ1v) is 8.74. The fourth-order valence-electron chi connectivity index (χ4n) is 2.44. The summed E-state index contributed by atoms with van der Waals surface area (Å²) in [7, 11) is 1.63. The number of rotatable bonds is 5. The number of nitrogens with one attached hydrogen (secondary N) is 2. The zero-order chi connectivity index (χ0) is 16.9. The summed E-state index contributed by atoms with van der Waals surface area (Å²) in [4.78, 5) is 12.8. The van der Waals surface area contributed by atoms with Crippen LogP contribution in [-0.2, 0) is 11.2 Å². The molecule has 2 aromatic carbocycles. The zero-order valence-electron chi connectivity index (χ0n) is 13.7. The Morgan fingerprint density at radius 1 is 1.25 bits per heavy atom. The van der Waals surface area contributed by atoms with Crippen molar-refractivity contribution < 1.29 is 9.53 Å². The molecule has 124 valence electrons. The maximum atomic E-state index is 12.2. The first-order valence-electron chi connectivity index (χ1n) is 7.86. The summed E-state index contributed by atoms with van der Waals surface area (Å²) in [5, 5.41) is 6.27. The summed E-state index contributed by atoms with van der Waals surface area (Å²) >= 11 is 1.48. The van der Waals surface area contributed by atoms with Crippen molar-refractivity contribution >= 4 is 29.4 Å². The Balaban J connectivity index is 1.69. The fourth-order valence-corrected chi connectivity index (χ4v) is 3.42. The van der Waals surface area contributed by atoms with E-state index in [4.69, 9.17) is 4.74 Å². The lowest BCUT2D eigenvalue weighted by molar-refractivity contribution is -0.116. The molecule has 0 spiro atoms. The Hall–Kier alpha value is -2.40. The molecule has 0 saturated carbocycles.